The summed E-state index contributed by atoms with van der Waals surface area (Å²) in [6, 6.07) is 6.22. The Morgan fingerprint density at radius 3 is 2.58 bits per heavy atom. The first-order valence-corrected chi connectivity index (χ1v) is 7.15. The third-order valence-electron chi connectivity index (χ3n) is 3.31. The summed E-state index contributed by atoms with van der Waals surface area (Å²) in [6.45, 7) is 8.80. The first-order chi connectivity index (χ1) is 9.00. The Kier molecular flexibility index (Phi) is 4.23. The van der Waals surface area contributed by atoms with E-state index in [9.17, 15) is 0 Å². The van der Waals surface area contributed by atoms with Crippen molar-refractivity contribution in [1.29, 1.82) is 0 Å². The molecule has 0 atom stereocenters. The van der Waals surface area contributed by atoms with Crippen molar-refractivity contribution in [3.63, 3.8) is 0 Å². The molecule has 1 aromatic rings. The van der Waals surface area contributed by atoms with Crippen LogP contribution in [0.4, 0.5) is 0 Å². The van der Waals surface area contributed by atoms with Crippen LogP contribution in [0, 0.1) is 0 Å². The molecule has 2 nitrogen and oxygen atoms in total. The molecule has 0 fully saturated rings. The molecule has 0 spiro atoms. The average molecular weight is 258 g/mol. The van der Waals surface area contributed by atoms with E-state index in [4.69, 9.17) is 9.31 Å². The van der Waals surface area contributed by atoms with Gasteiger partial charge in [0.05, 0.1) is 0 Å². The van der Waals surface area contributed by atoms with Gasteiger partial charge in [0.1, 0.15) is 11.5 Å². The van der Waals surface area contributed by atoms with E-state index in [1.165, 1.54) is 18.4 Å². The van der Waals surface area contributed by atoms with Crippen LogP contribution in [0.2, 0.25) is 0 Å². The predicted molar refractivity (Wildman–Crippen MR) is 80.8 cm³/mol. The van der Waals surface area contributed by atoms with Crippen molar-refractivity contribution in [3.05, 3.63) is 35.8 Å². The Hall–Kier alpha value is -1.38. The number of fused-ring (bicyclic) bond motifs is 1. The van der Waals surface area contributed by atoms with E-state index in [0.717, 1.165) is 17.9 Å². The minimum absolute atomic E-state index is 0.132. The van der Waals surface area contributed by atoms with Gasteiger partial charge in [0.15, 0.2) is 0 Å². The minimum Gasteiger partial charge on any atom is -0.520 e. The standard InChI is InChI=1S/C16H23BO2/c1-5-6-7-8-11-17-18-14-10-9-13(16(2,3)4)12-15(14)19-17/h8-12H,5-7H2,1-4H3/b11-8+. The first kappa shape index (κ1) is 14.0. The van der Waals surface area contributed by atoms with Gasteiger partial charge in [-0.2, -0.15) is 0 Å². The highest BCUT2D eigenvalue weighted by Crippen LogP contribution is 2.37. The first-order valence-electron chi connectivity index (χ1n) is 7.15. The van der Waals surface area contributed by atoms with Crippen molar-refractivity contribution in [1.82, 2.24) is 0 Å². The highest BCUT2D eigenvalue weighted by atomic mass is 16.6. The fourth-order valence-corrected chi connectivity index (χ4v) is 2.05. The Labute approximate surface area is 117 Å². The van der Waals surface area contributed by atoms with Crippen LogP contribution in [0.25, 0.3) is 0 Å². The maximum atomic E-state index is 5.81. The molecule has 0 aliphatic carbocycles. The van der Waals surface area contributed by atoms with Crippen LogP contribution in [0.3, 0.4) is 0 Å². The molecule has 1 aliphatic heterocycles. The van der Waals surface area contributed by atoms with Crippen LogP contribution in [0.5, 0.6) is 11.5 Å². The summed E-state index contributed by atoms with van der Waals surface area (Å²) in [5.41, 5.74) is 1.40. The summed E-state index contributed by atoms with van der Waals surface area (Å²) in [5.74, 6) is 3.71. The maximum absolute atomic E-state index is 5.81. The highest BCUT2D eigenvalue weighted by molar-refractivity contribution is 6.53. The molecule has 102 valence electrons. The molecule has 0 saturated carbocycles. The van der Waals surface area contributed by atoms with Crippen LogP contribution in [-0.4, -0.2) is 7.12 Å². The lowest BCUT2D eigenvalue weighted by molar-refractivity contribution is 0.516. The number of hydrogen-bond acceptors (Lipinski definition) is 2. The third kappa shape index (κ3) is 3.56. The molecule has 0 unspecified atom stereocenters. The summed E-state index contributed by atoms with van der Waals surface area (Å²) >= 11 is 0. The topological polar surface area (TPSA) is 18.5 Å². The Morgan fingerprint density at radius 2 is 1.89 bits per heavy atom. The molecule has 0 amide bonds. The van der Waals surface area contributed by atoms with Gasteiger partial charge in [0.2, 0.25) is 0 Å². The Balaban J connectivity index is 2.02. The smallest absolute Gasteiger partial charge is 0.520 e. The van der Waals surface area contributed by atoms with Gasteiger partial charge in [-0.1, -0.05) is 52.7 Å². The molecule has 1 heterocycles. The summed E-state index contributed by atoms with van der Waals surface area (Å²) in [6.07, 6.45) is 5.66. The highest BCUT2D eigenvalue weighted by Gasteiger charge is 2.30. The van der Waals surface area contributed by atoms with Crippen molar-refractivity contribution in [2.75, 3.05) is 0 Å². The van der Waals surface area contributed by atoms with Crippen molar-refractivity contribution < 1.29 is 9.31 Å². The van der Waals surface area contributed by atoms with Gasteiger partial charge in [-0.25, -0.2) is 0 Å². The van der Waals surface area contributed by atoms with E-state index < -0.39 is 0 Å². The zero-order valence-corrected chi connectivity index (χ0v) is 12.4. The fourth-order valence-electron chi connectivity index (χ4n) is 2.05. The third-order valence-corrected chi connectivity index (χ3v) is 3.31. The largest absolute Gasteiger partial charge is 0.624 e. The second kappa shape index (κ2) is 5.73. The molecule has 0 bridgehead atoms. The second-order valence-electron chi connectivity index (χ2n) is 6.09. The van der Waals surface area contributed by atoms with E-state index in [-0.39, 0.29) is 12.5 Å². The molecular formula is C16H23BO2. The molecule has 0 aromatic heterocycles. The molecule has 0 N–H and O–H groups in total. The average Bonchev–Trinajstić information content (AvgIpc) is 2.75. The van der Waals surface area contributed by atoms with Crippen LogP contribution < -0.4 is 9.31 Å². The zero-order valence-electron chi connectivity index (χ0n) is 12.4. The van der Waals surface area contributed by atoms with Crippen molar-refractivity contribution in [2.24, 2.45) is 0 Å². The number of unbranched alkanes of at least 4 members (excludes halogenated alkanes) is 2. The molecule has 0 saturated heterocycles. The van der Waals surface area contributed by atoms with Crippen LogP contribution in [0.1, 0.15) is 52.5 Å². The zero-order chi connectivity index (χ0) is 13.9. The van der Waals surface area contributed by atoms with Gasteiger partial charge in [0, 0.05) is 0 Å². The molecule has 0 radical (unpaired) electrons. The van der Waals surface area contributed by atoms with E-state index >= 15 is 0 Å². The lowest BCUT2D eigenvalue weighted by Crippen LogP contribution is -2.21. The summed E-state index contributed by atoms with van der Waals surface area (Å²) in [5, 5.41) is 0. The van der Waals surface area contributed by atoms with Crippen molar-refractivity contribution >= 4 is 7.12 Å². The van der Waals surface area contributed by atoms with Crippen molar-refractivity contribution in [2.45, 2.75) is 52.4 Å². The quantitative estimate of drug-likeness (QED) is 0.583. The number of allylic oxidation sites excluding steroid dienone is 1. The second-order valence-corrected chi connectivity index (χ2v) is 6.09. The van der Waals surface area contributed by atoms with Crippen LogP contribution >= 0.6 is 0 Å². The van der Waals surface area contributed by atoms with Gasteiger partial charge in [-0.15, -0.1) is 0 Å². The van der Waals surface area contributed by atoms with Crippen LogP contribution in [0.15, 0.2) is 30.3 Å². The summed E-state index contributed by atoms with van der Waals surface area (Å²) < 4.78 is 11.6. The monoisotopic (exact) mass is 258 g/mol. The SMILES string of the molecule is CCCC/C=C/B1Oc2ccc(C(C)(C)C)cc2O1. The number of benzene rings is 1. The maximum Gasteiger partial charge on any atom is 0.624 e. The molecular weight excluding hydrogens is 235 g/mol. The molecule has 1 aromatic carbocycles. The van der Waals surface area contributed by atoms with Gasteiger partial charge >= 0.3 is 7.12 Å². The lowest BCUT2D eigenvalue weighted by atomic mass is 9.87. The Morgan fingerprint density at radius 1 is 1.16 bits per heavy atom. The fraction of sp³-hybridized carbons (Fsp3) is 0.500. The van der Waals surface area contributed by atoms with E-state index in [0.29, 0.717) is 0 Å². The lowest BCUT2D eigenvalue weighted by Gasteiger charge is -2.19. The van der Waals surface area contributed by atoms with E-state index in [1.807, 2.05) is 12.0 Å². The Bertz CT molecular complexity index is 460. The van der Waals surface area contributed by atoms with Gasteiger partial charge in [-0.3, -0.25) is 0 Å². The van der Waals surface area contributed by atoms with Crippen molar-refractivity contribution in [3.8, 4) is 11.5 Å². The molecule has 19 heavy (non-hydrogen) atoms. The summed E-state index contributed by atoms with van der Waals surface area (Å²) in [7, 11) is -0.262. The van der Waals surface area contributed by atoms with Gasteiger partial charge in [0.25, 0.3) is 0 Å². The van der Waals surface area contributed by atoms with Gasteiger partial charge < -0.3 is 9.31 Å². The van der Waals surface area contributed by atoms with Crippen LogP contribution in [-0.2, 0) is 5.41 Å². The minimum atomic E-state index is -0.262. The normalized spacial score (nSPS) is 14.4. The van der Waals surface area contributed by atoms with Gasteiger partial charge in [-0.05, 0) is 35.5 Å². The molecule has 3 heteroatoms. The predicted octanol–water partition coefficient (Wildman–Crippen LogP) is 4.53. The number of rotatable bonds is 4. The molecule has 1 aliphatic rings. The molecule has 2 rings (SSSR count). The summed E-state index contributed by atoms with van der Waals surface area (Å²) in [4.78, 5) is 0. The number of hydrogen-bond donors (Lipinski definition) is 0. The van der Waals surface area contributed by atoms with E-state index in [2.05, 4.69) is 45.9 Å². The van der Waals surface area contributed by atoms with E-state index in [1.54, 1.807) is 0 Å².